The second-order valence-corrected chi connectivity index (χ2v) is 12.3. The molecule has 1 heterocycles. The van der Waals surface area contributed by atoms with Gasteiger partial charge in [-0.25, -0.2) is 4.98 Å². The molecule has 1 fully saturated rings. The maximum atomic E-state index is 14.4. The fourth-order valence-corrected chi connectivity index (χ4v) is 7.36. The molecule has 1 saturated carbocycles. The molecule has 1 amide bonds. The first-order valence-electron chi connectivity index (χ1n) is 14.4. The molecule has 0 saturated heterocycles. The maximum absolute atomic E-state index is 14.4. The van der Waals surface area contributed by atoms with E-state index in [4.69, 9.17) is 4.98 Å². The number of hydrogen-bond acceptors (Lipinski definition) is 4. The predicted octanol–water partition coefficient (Wildman–Crippen LogP) is 7.70. The molecule has 2 aliphatic carbocycles. The number of carbonyl (C=O) groups is 1. The second-order valence-electron chi connectivity index (χ2n) is 11.3. The zero-order chi connectivity index (χ0) is 28.4. The third-order valence-corrected chi connectivity index (χ3v) is 9.27. The van der Waals surface area contributed by atoms with Gasteiger partial charge in [0.1, 0.15) is 0 Å². The van der Waals surface area contributed by atoms with Gasteiger partial charge in [-0.2, -0.15) is 0 Å². The highest BCUT2D eigenvalue weighted by Crippen LogP contribution is 2.48. The van der Waals surface area contributed by atoms with Crippen molar-refractivity contribution in [2.24, 2.45) is 0 Å². The van der Waals surface area contributed by atoms with E-state index in [0.717, 1.165) is 65.9 Å². The van der Waals surface area contributed by atoms with Crippen LogP contribution in [0.5, 0.6) is 0 Å². The van der Waals surface area contributed by atoms with Gasteiger partial charge >= 0.3 is 0 Å². The lowest BCUT2D eigenvalue weighted by Crippen LogP contribution is -2.43. The van der Waals surface area contributed by atoms with Crippen LogP contribution in [-0.4, -0.2) is 21.2 Å². The normalized spacial score (nSPS) is 15.1. The number of allylic oxidation sites excluding steroid dienone is 1. The molecule has 6 rings (SSSR count). The first kappa shape index (κ1) is 27.3. The number of carbonyl (C=O) groups excluding carboxylic acids is 1. The minimum absolute atomic E-state index is 0.0207. The Morgan fingerprint density at radius 2 is 1.54 bits per heavy atom. The summed E-state index contributed by atoms with van der Waals surface area (Å²) < 4.78 is 1.76. The van der Waals surface area contributed by atoms with Crippen molar-refractivity contribution in [2.75, 3.05) is 10.7 Å². The summed E-state index contributed by atoms with van der Waals surface area (Å²) in [7, 11) is 0. The van der Waals surface area contributed by atoms with Crippen molar-refractivity contribution in [3.8, 4) is 11.3 Å². The number of anilines is 2. The summed E-state index contributed by atoms with van der Waals surface area (Å²) in [5.74, 6) is 0.0586. The zero-order valence-electron chi connectivity index (χ0n) is 23.5. The summed E-state index contributed by atoms with van der Waals surface area (Å²) in [5, 5.41) is 0.564. The number of benzene rings is 3. The Labute approximate surface area is 246 Å². The van der Waals surface area contributed by atoms with Crippen molar-refractivity contribution in [2.45, 2.75) is 62.6 Å². The van der Waals surface area contributed by atoms with Crippen LogP contribution in [0.15, 0.2) is 107 Å². The quantitative estimate of drug-likeness (QED) is 0.132. The summed E-state index contributed by atoms with van der Waals surface area (Å²) in [6.07, 6.45) is 6.36. The molecular weight excluding hydrogens is 526 g/mol. The molecule has 4 aromatic rings. The molecule has 6 heteroatoms. The van der Waals surface area contributed by atoms with E-state index < -0.39 is 0 Å². The Balaban J connectivity index is 1.42. The maximum Gasteiger partial charge on any atom is 0.258 e. The Kier molecular flexibility index (Phi) is 7.67. The van der Waals surface area contributed by atoms with Gasteiger partial charge in [0.2, 0.25) is 5.91 Å². The van der Waals surface area contributed by atoms with Crippen molar-refractivity contribution in [3.63, 3.8) is 0 Å². The number of thioether (sulfide) groups is 1. The smallest absolute Gasteiger partial charge is 0.258 e. The first-order valence-corrected chi connectivity index (χ1v) is 15.4. The monoisotopic (exact) mass is 561 g/mol. The third kappa shape index (κ3) is 5.29. The van der Waals surface area contributed by atoms with Crippen LogP contribution in [0, 0.1) is 0 Å². The van der Waals surface area contributed by atoms with Crippen molar-refractivity contribution >= 4 is 29.0 Å². The zero-order valence-corrected chi connectivity index (χ0v) is 24.3. The van der Waals surface area contributed by atoms with E-state index in [1.165, 1.54) is 23.7 Å². The summed E-state index contributed by atoms with van der Waals surface area (Å²) in [5.41, 5.74) is 6.29. The summed E-state index contributed by atoms with van der Waals surface area (Å²) in [6.45, 7) is 6.43. The molecule has 1 aromatic heterocycles. The van der Waals surface area contributed by atoms with Crippen molar-refractivity contribution < 1.29 is 4.79 Å². The fourth-order valence-electron chi connectivity index (χ4n) is 6.52. The second kappa shape index (κ2) is 11.5. The molecule has 0 atom stereocenters. The Bertz CT molecular complexity index is 1600. The minimum atomic E-state index is -0.181. The van der Waals surface area contributed by atoms with E-state index >= 15 is 0 Å². The van der Waals surface area contributed by atoms with E-state index in [9.17, 15) is 9.59 Å². The van der Waals surface area contributed by atoms with E-state index in [0.29, 0.717) is 11.7 Å². The molecule has 2 aliphatic rings. The highest BCUT2D eigenvalue weighted by molar-refractivity contribution is 7.99. The SMILES string of the molecule is C=C(C)Cn1c(SCC(=O)N(c2ccccc2)c2ccccc2)nc2c(c1=O)C1(CCCCC1)Cc1ccccc1-2. The van der Waals surface area contributed by atoms with Gasteiger partial charge in [0.15, 0.2) is 5.16 Å². The van der Waals surface area contributed by atoms with Crippen LogP contribution >= 0.6 is 11.8 Å². The van der Waals surface area contributed by atoms with Gasteiger partial charge in [0, 0.05) is 28.9 Å². The number of hydrogen-bond donors (Lipinski definition) is 0. The number of amides is 1. The lowest BCUT2D eigenvalue weighted by Gasteiger charge is -2.42. The standard InChI is InChI=1S/C35H35N3O2S/c1-25(2)23-37-33(40)31-32(29-19-11-10-14-26(29)22-35(31)20-12-5-13-21-35)36-34(37)41-24-30(39)38(27-15-6-3-7-16-27)28-17-8-4-9-18-28/h3-4,6-11,14-19H,1,5,12-13,20-24H2,2H3. The van der Waals surface area contributed by atoms with Gasteiger partial charge in [-0.05, 0) is 56.0 Å². The third-order valence-electron chi connectivity index (χ3n) is 8.31. The molecule has 0 bridgehead atoms. The lowest BCUT2D eigenvalue weighted by atomic mass is 9.62. The van der Waals surface area contributed by atoms with E-state index in [-0.39, 0.29) is 22.6 Å². The van der Waals surface area contributed by atoms with E-state index in [1.807, 2.05) is 73.7 Å². The van der Waals surface area contributed by atoms with Crippen molar-refractivity contribution in [1.29, 1.82) is 0 Å². The highest BCUT2D eigenvalue weighted by atomic mass is 32.2. The topological polar surface area (TPSA) is 55.2 Å². The Morgan fingerprint density at radius 3 is 2.17 bits per heavy atom. The van der Waals surface area contributed by atoms with Gasteiger partial charge in [-0.3, -0.25) is 19.1 Å². The number of rotatable bonds is 7. The van der Waals surface area contributed by atoms with Crippen LogP contribution < -0.4 is 10.5 Å². The number of para-hydroxylation sites is 2. The number of fused-ring (bicyclic) bond motifs is 4. The minimum Gasteiger partial charge on any atom is -0.283 e. The molecule has 0 radical (unpaired) electrons. The van der Waals surface area contributed by atoms with Crippen LogP contribution in [0.25, 0.3) is 11.3 Å². The lowest BCUT2D eigenvalue weighted by molar-refractivity contribution is -0.115. The van der Waals surface area contributed by atoms with Crippen molar-refractivity contribution in [1.82, 2.24) is 9.55 Å². The molecular formula is C35H35N3O2S. The molecule has 3 aromatic carbocycles. The number of aromatic nitrogens is 2. The van der Waals surface area contributed by atoms with Crippen molar-refractivity contribution in [3.05, 3.63) is 119 Å². The Morgan fingerprint density at radius 1 is 0.927 bits per heavy atom. The van der Waals surface area contributed by atoms with Crippen LogP contribution in [0.1, 0.15) is 50.2 Å². The highest BCUT2D eigenvalue weighted by Gasteiger charge is 2.43. The van der Waals surface area contributed by atoms with Gasteiger partial charge < -0.3 is 0 Å². The Hall–Kier alpha value is -3.90. The van der Waals surface area contributed by atoms with Gasteiger partial charge in [-0.1, -0.05) is 104 Å². The summed E-state index contributed by atoms with van der Waals surface area (Å²) in [4.78, 5) is 35.2. The van der Waals surface area contributed by atoms with Gasteiger partial charge in [0.05, 0.1) is 17.0 Å². The molecule has 0 unspecified atom stereocenters. The van der Waals surface area contributed by atoms with Gasteiger partial charge in [-0.15, -0.1) is 0 Å². The van der Waals surface area contributed by atoms with E-state index in [2.05, 4.69) is 24.8 Å². The first-order chi connectivity index (χ1) is 20.0. The summed E-state index contributed by atoms with van der Waals surface area (Å²) in [6, 6.07) is 27.7. The van der Waals surface area contributed by atoms with Gasteiger partial charge in [0.25, 0.3) is 5.56 Å². The number of nitrogens with zero attached hydrogens (tertiary/aromatic N) is 3. The van der Waals surface area contributed by atoms with Crippen LogP contribution in [-0.2, 0) is 23.2 Å². The molecule has 5 nitrogen and oxygen atoms in total. The average Bonchev–Trinajstić information content (AvgIpc) is 2.99. The van der Waals surface area contributed by atoms with Crippen LogP contribution in [0.2, 0.25) is 0 Å². The molecule has 0 aliphatic heterocycles. The van der Waals surface area contributed by atoms with Crippen LogP contribution in [0.4, 0.5) is 11.4 Å². The summed E-state index contributed by atoms with van der Waals surface area (Å²) >= 11 is 1.33. The molecule has 41 heavy (non-hydrogen) atoms. The molecule has 208 valence electrons. The fraction of sp³-hybridized carbons (Fsp3) is 0.286. The predicted molar refractivity (Wildman–Crippen MR) is 168 cm³/mol. The molecule has 0 N–H and O–H groups in total. The molecule has 1 spiro atoms. The van der Waals surface area contributed by atoms with E-state index in [1.54, 1.807) is 9.47 Å². The largest absolute Gasteiger partial charge is 0.283 e. The van der Waals surface area contributed by atoms with Crippen LogP contribution in [0.3, 0.4) is 0 Å². The average molecular weight is 562 g/mol.